The third-order valence-corrected chi connectivity index (χ3v) is 2.56. The molecule has 0 heterocycles. The summed E-state index contributed by atoms with van der Waals surface area (Å²) in [4.78, 5) is 0. The molecule has 0 bridgehead atoms. The van der Waals surface area contributed by atoms with Crippen LogP contribution in [0.15, 0.2) is 0 Å². The van der Waals surface area contributed by atoms with E-state index >= 15 is 0 Å². The van der Waals surface area contributed by atoms with Gasteiger partial charge in [0.2, 0.25) is 0 Å². The molecule has 0 aromatic rings. The van der Waals surface area contributed by atoms with E-state index in [1.165, 1.54) is 0 Å². The molecular formula is C9H16F4O2. The van der Waals surface area contributed by atoms with Gasteiger partial charge in [0.15, 0.2) is 0 Å². The molecule has 1 unspecified atom stereocenters. The van der Waals surface area contributed by atoms with Crippen molar-refractivity contribution in [1.82, 2.24) is 0 Å². The van der Waals surface area contributed by atoms with Gasteiger partial charge in [-0.1, -0.05) is 0 Å². The molecule has 2 nitrogen and oxygen atoms in total. The van der Waals surface area contributed by atoms with Crippen LogP contribution in [0.1, 0.15) is 20.8 Å². The summed E-state index contributed by atoms with van der Waals surface area (Å²) in [6.07, 6.45) is -4.69. The van der Waals surface area contributed by atoms with Crippen molar-refractivity contribution in [3.8, 4) is 0 Å². The van der Waals surface area contributed by atoms with Crippen molar-refractivity contribution < 1.29 is 27.4 Å². The minimum Gasteiger partial charge on any atom is -0.394 e. The van der Waals surface area contributed by atoms with Crippen molar-refractivity contribution in [2.45, 2.75) is 32.6 Å². The van der Waals surface area contributed by atoms with E-state index in [2.05, 4.69) is 4.74 Å². The number of hydrogen-bond donors (Lipinski definition) is 1. The molecule has 0 rings (SSSR count). The standard InChI is InChI=1S/C9H16F4O2/c1-7(2,10)8(3,9(11,12)13)6-15-5-4-14/h14H,4-6H2,1-3H3. The molecule has 0 saturated carbocycles. The van der Waals surface area contributed by atoms with Crippen molar-refractivity contribution in [2.24, 2.45) is 5.41 Å². The predicted molar refractivity (Wildman–Crippen MR) is 47.3 cm³/mol. The Balaban J connectivity index is 4.74. The summed E-state index contributed by atoms with van der Waals surface area (Å²) in [6.45, 7) is 1.07. The number of rotatable bonds is 5. The molecule has 0 aliphatic heterocycles. The van der Waals surface area contributed by atoms with E-state index in [0.29, 0.717) is 0 Å². The lowest BCUT2D eigenvalue weighted by Crippen LogP contribution is -2.52. The Hall–Kier alpha value is -0.360. The lowest BCUT2D eigenvalue weighted by molar-refractivity contribution is -0.271. The molecule has 0 aliphatic rings. The minimum atomic E-state index is -4.69. The van der Waals surface area contributed by atoms with Gasteiger partial charge < -0.3 is 9.84 Å². The van der Waals surface area contributed by atoms with E-state index in [-0.39, 0.29) is 13.2 Å². The van der Waals surface area contributed by atoms with Crippen molar-refractivity contribution in [3.05, 3.63) is 0 Å². The Labute approximate surface area is 86.2 Å². The van der Waals surface area contributed by atoms with Crippen LogP contribution in [0.2, 0.25) is 0 Å². The van der Waals surface area contributed by atoms with Crippen molar-refractivity contribution >= 4 is 0 Å². The van der Waals surface area contributed by atoms with Gasteiger partial charge in [-0.2, -0.15) is 13.2 Å². The van der Waals surface area contributed by atoms with Gasteiger partial charge in [-0.15, -0.1) is 0 Å². The van der Waals surface area contributed by atoms with Gasteiger partial charge in [0.25, 0.3) is 0 Å². The molecule has 0 radical (unpaired) electrons. The van der Waals surface area contributed by atoms with Gasteiger partial charge in [0.1, 0.15) is 11.1 Å². The quantitative estimate of drug-likeness (QED) is 0.582. The number of aliphatic hydroxyl groups excluding tert-OH is 1. The Morgan fingerprint density at radius 3 is 1.80 bits per heavy atom. The first kappa shape index (κ1) is 14.6. The van der Waals surface area contributed by atoms with E-state index < -0.39 is 23.9 Å². The highest BCUT2D eigenvalue weighted by Gasteiger charge is 2.60. The third-order valence-electron chi connectivity index (χ3n) is 2.56. The van der Waals surface area contributed by atoms with Crippen LogP contribution in [-0.2, 0) is 4.74 Å². The summed E-state index contributed by atoms with van der Waals surface area (Å²) < 4.78 is 56.0. The van der Waals surface area contributed by atoms with E-state index in [0.717, 1.165) is 20.8 Å². The van der Waals surface area contributed by atoms with Crippen LogP contribution < -0.4 is 0 Å². The Morgan fingerprint density at radius 1 is 1.07 bits per heavy atom. The van der Waals surface area contributed by atoms with Crippen LogP contribution in [0, 0.1) is 5.41 Å². The molecule has 1 atom stereocenters. The molecule has 0 aromatic carbocycles. The molecule has 0 saturated heterocycles. The predicted octanol–water partition coefficient (Wildman–Crippen LogP) is 2.31. The Bertz CT molecular complexity index is 181. The van der Waals surface area contributed by atoms with E-state index in [4.69, 9.17) is 5.11 Å². The fourth-order valence-corrected chi connectivity index (χ4v) is 0.931. The average molecular weight is 232 g/mol. The summed E-state index contributed by atoms with van der Waals surface area (Å²) in [5, 5.41) is 8.37. The van der Waals surface area contributed by atoms with Crippen LogP contribution in [0.25, 0.3) is 0 Å². The van der Waals surface area contributed by atoms with Crippen LogP contribution in [0.5, 0.6) is 0 Å². The van der Waals surface area contributed by atoms with Gasteiger partial charge in [-0.05, 0) is 20.8 Å². The molecule has 92 valence electrons. The highest BCUT2D eigenvalue weighted by molar-refractivity contribution is 4.95. The third kappa shape index (κ3) is 3.31. The van der Waals surface area contributed by atoms with Crippen molar-refractivity contribution in [1.29, 1.82) is 0 Å². The Kier molecular flexibility index (Phi) is 4.54. The summed E-state index contributed by atoms with van der Waals surface area (Å²) >= 11 is 0. The number of hydrogen-bond acceptors (Lipinski definition) is 2. The average Bonchev–Trinajstić information content (AvgIpc) is 2.00. The summed E-state index contributed by atoms with van der Waals surface area (Å²) in [7, 11) is 0. The molecule has 0 spiro atoms. The zero-order valence-electron chi connectivity index (χ0n) is 8.99. The van der Waals surface area contributed by atoms with Crippen LogP contribution in [0.4, 0.5) is 17.6 Å². The fraction of sp³-hybridized carbons (Fsp3) is 1.00. The lowest BCUT2D eigenvalue weighted by atomic mass is 9.76. The second kappa shape index (κ2) is 4.65. The first-order valence-electron chi connectivity index (χ1n) is 4.50. The van der Waals surface area contributed by atoms with Crippen LogP contribution in [0.3, 0.4) is 0 Å². The highest BCUT2D eigenvalue weighted by Crippen LogP contribution is 2.48. The maximum absolute atomic E-state index is 13.5. The van der Waals surface area contributed by atoms with Gasteiger partial charge in [0, 0.05) is 0 Å². The first-order valence-corrected chi connectivity index (χ1v) is 4.50. The normalized spacial score (nSPS) is 17.6. The monoisotopic (exact) mass is 232 g/mol. The van der Waals surface area contributed by atoms with Gasteiger partial charge in [-0.3, -0.25) is 0 Å². The summed E-state index contributed by atoms with van der Waals surface area (Å²) in [6, 6.07) is 0. The van der Waals surface area contributed by atoms with Gasteiger partial charge >= 0.3 is 6.18 Å². The molecule has 1 N–H and O–H groups in total. The van der Waals surface area contributed by atoms with Crippen LogP contribution in [-0.4, -0.2) is 36.8 Å². The SMILES string of the molecule is CC(C)(F)C(C)(COCCO)C(F)(F)F. The molecule has 0 amide bonds. The van der Waals surface area contributed by atoms with Crippen LogP contribution >= 0.6 is 0 Å². The van der Waals surface area contributed by atoms with E-state index in [9.17, 15) is 17.6 Å². The lowest BCUT2D eigenvalue weighted by Gasteiger charge is -2.39. The van der Waals surface area contributed by atoms with E-state index in [1.807, 2.05) is 0 Å². The second-order valence-corrected chi connectivity index (χ2v) is 4.08. The van der Waals surface area contributed by atoms with Gasteiger partial charge in [-0.25, -0.2) is 4.39 Å². The topological polar surface area (TPSA) is 29.5 Å². The number of alkyl halides is 4. The first-order chi connectivity index (χ1) is 6.56. The van der Waals surface area contributed by atoms with Crippen molar-refractivity contribution in [2.75, 3.05) is 19.8 Å². The zero-order chi connectivity index (χ0) is 12.3. The minimum absolute atomic E-state index is 0.234. The number of aliphatic hydroxyl groups is 1. The molecule has 0 aliphatic carbocycles. The van der Waals surface area contributed by atoms with Crippen molar-refractivity contribution in [3.63, 3.8) is 0 Å². The Morgan fingerprint density at radius 2 is 1.53 bits per heavy atom. The molecule has 6 heteroatoms. The fourth-order valence-electron chi connectivity index (χ4n) is 0.931. The molecule has 0 aromatic heterocycles. The van der Waals surface area contributed by atoms with E-state index in [1.54, 1.807) is 0 Å². The molecule has 0 fully saturated rings. The number of ether oxygens (including phenoxy) is 1. The maximum Gasteiger partial charge on any atom is 0.399 e. The smallest absolute Gasteiger partial charge is 0.394 e. The largest absolute Gasteiger partial charge is 0.399 e. The molecular weight excluding hydrogens is 216 g/mol. The zero-order valence-corrected chi connectivity index (χ0v) is 8.99. The maximum atomic E-state index is 13.5. The summed E-state index contributed by atoms with van der Waals surface area (Å²) in [5.74, 6) is 0. The second-order valence-electron chi connectivity index (χ2n) is 4.08. The number of halogens is 4. The van der Waals surface area contributed by atoms with Gasteiger partial charge in [0.05, 0.1) is 19.8 Å². The summed E-state index contributed by atoms with van der Waals surface area (Å²) in [5.41, 5.74) is -5.02. The molecule has 15 heavy (non-hydrogen) atoms. The highest BCUT2D eigenvalue weighted by atomic mass is 19.4.